The van der Waals surface area contributed by atoms with E-state index in [9.17, 15) is 0 Å². The Labute approximate surface area is 111 Å². The molecule has 0 aliphatic rings. The maximum atomic E-state index is 4.36. The molecule has 0 heterocycles. The minimum atomic E-state index is 0.476. The van der Waals surface area contributed by atoms with Crippen LogP contribution in [0.4, 0.5) is 0 Å². The first-order valence-electron chi connectivity index (χ1n) is 7.59. The van der Waals surface area contributed by atoms with Crippen molar-refractivity contribution < 1.29 is 0 Å². The Hall–Kier alpha value is 0. The van der Waals surface area contributed by atoms with E-state index in [0.29, 0.717) is 11.3 Å². The van der Waals surface area contributed by atoms with Crippen LogP contribution in [0.15, 0.2) is 0 Å². The third-order valence-electron chi connectivity index (χ3n) is 3.81. The van der Waals surface area contributed by atoms with Crippen molar-refractivity contribution in [3.8, 4) is 0 Å². The Morgan fingerprint density at radius 3 is 2.06 bits per heavy atom. The second-order valence-corrected chi connectivity index (χ2v) is 7.33. The van der Waals surface area contributed by atoms with Crippen molar-refractivity contribution in [1.82, 2.24) is 0 Å². The number of unbranched alkanes of at least 4 members (excludes halogenated alkanes) is 1. The summed E-state index contributed by atoms with van der Waals surface area (Å²) in [4.78, 5) is 0. The molecule has 3 atom stereocenters. The standard InChI is InChI=1S/C17H35/c1-8-9-10-15(3)16(4)12-11-14(2)13-17(5,6)7/h14-16H,4,8-13H2,1-3,5-7H3. The van der Waals surface area contributed by atoms with Gasteiger partial charge in [-0.15, -0.1) is 0 Å². The molecule has 3 unspecified atom stereocenters. The van der Waals surface area contributed by atoms with E-state index >= 15 is 0 Å². The van der Waals surface area contributed by atoms with E-state index in [0.717, 1.165) is 11.8 Å². The molecule has 0 aliphatic carbocycles. The van der Waals surface area contributed by atoms with E-state index in [-0.39, 0.29) is 0 Å². The molecular formula is C17H35. The smallest absolute Gasteiger partial charge is 0.0380 e. The Balaban J connectivity index is 3.78. The third-order valence-corrected chi connectivity index (χ3v) is 3.81. The summed E-state index contributed by atoms with van der Waals surface area (Å²) in [5, 5.41) is 0. The molecule has 0 bridgehead atoms. The van der Waals surface area contributed by atoms with Crippen molar-refractivity contribution in [3.05, 3.63) is 6.92 Å². The van der Waals surface area contributed by atoms with E-state index in [1.54, 1.807) is 0 Å². The van der Waals surface area contributed by atoms with Crippen LogP contribution in [0, 0.1) is 30.1 Å². The summed E-state index contributed by atoms with van der Waals surface area (Å²) < 4.78 is 0. The molecule has 0 N–H and O–H groups in total. The van der Waals surface area contributed by atoms with Crippen molar-refractivity contribution in [2.75, 3.05) is 0 Å². The van der Waals surface area contributed by atoms with Crippen molar-refractivity contribution in [1.29, 1.82) is 0 Å². The van der Waals surface area contributed by atoms with Gasteiger partial charge in [-0.05, 0) is 42.9 Å². The molecular weight excluding hydrogens is 204 g/mol. The highest BCUT2D eigenvalue weighted by Crippen LogP contribution is 2.29. The molecule has 0 aromatic rings. The van der Waals surface area contributed by atoms with Gasteiger partial charge in [0.25, 0.3) is 0 Å². The van der Waals surface area contributed by atoms with Gasteiger partial charge in [-0.2, -0.15) is 0 Å². The first-order chi connectivity index (χ1) is 7.76. The number of hydrogen-bond acceptors (Lipinski definition) is 0. The fourth-order valence-corrected chi connectivity index (χ4v) is 2.69. The quantitative estimate of drug-likeness (QED) is 0.479. The lowest BCUT2D eigenvalue weighted by molar-refractivity contribution is 0.270. The minimum Gasteiger partial charge on any atom is -0.0654 e. The average Bonchev–Trinajstić information content (AvgIpc) is 2.20. The molecule has 0 aromatic carbocycles. The van der Waals surface area contributed by atoms with Crippen molar-refractivity contribution in [2.24, 2.45) is 23.2 Å². The Bertz CT molecular complexity index is 175. The fraction of sp³-hybridized carbons (Fsp3) is 0.941. The van der Waals surface area contributed by atoms with Crippen LogP contribution >= 0.6 is 0 Å². The second-order valence-electron chi connectivity index (χ2n) is 7.33. The van der Waals surface area contributed by atoms with Crippen LogP contribution in [0.25, 0.3) is 0 Å². The van der Waals surface area contributed by atoms with Crippen LogP contribution < -0.4 is 0 Å². The lowest BCUT2D eigenvalue weighted by atomic mass is 9.80. The summed E-state index contributed by atoms with van der Waals surface area (Å²) in [6.45, 7) is 18.4. The summed E-state index contributed by atoms with van der Waals surface area (Å²) >= 11 is 0. The normalized spacial score (nSPS) is 17.8. The molecule has 0 aliphatic heterocycles. The zero-order valence-electron chi connectivity index (χ0n) is 13.2. The average molecular weight is 239 g/mol. The predicted molar refractivity (Wildman–Crippen MR) is 80.0 cm³/mol. The largest absolute Gasteiger partial charge is 0.0654 e. The van der Waals surface area contributed by atoms with E-state index in [2.05, 4.69) is 48.5 Å². The highest BCUT2D eigenvalue weighted by atomic mass is 14.2. The molecule has 0 amide bonds. The summed E-state index contributed by atoms with van der Waals surface area (Å²) in [6.07, 6.45) is 8.04. The molecule has 0 nitrogen and oxygen atoms in total. The van der Waals surface area contributed by atoms with Gasteiger partial charge in [0.2, 0.25) is 0 Å². The van der Waals surface area contributed by atoms with Crippen LogP contribution in [0.5, 0.6) is 0 Å². The van der Waals surface area contributed by atoms with Crippen molar-refractivity contribution >= 4 is 0 Å². The van der Waals surface area contributed by atoms with Gasteiger partial charge in [-0.25, -0.2) is 0 Å². The lowest BCUT2D eigenvalue weighted by Crippen LogP contribution is -2.14. The number of hydrogen-bond donors (Lipinski definition) is 0. The lowest BCUT2D eigenvalue weighted by Gasteiger charge is -2.25. The summed E-state index contributed by atoms with van der Waals surface area (Å²) in [5.74, 6) is 2.30. The van der Waals surface area contributed by atoms with Crippen LogP contribution in [0.1, 0.15) is 80.1 Å². The molecule has 1 radical (unpaired) electrons. The van der Waals surface area contributed by atoms with Gasteiger partial charge in [-0.3, -0.25) is 0 Å². The van der Waals surface area contributed by atoms with Gasteiger partial charge in [0.1, 0.15) is 0 Å². The molecule has 0 spiro atoms. The molecule has 0 rings (SSSR count). The highest BCUT2D eigenvalue weighted by Gasteiger charge is 2.17. The summed E-state index contributed by atoms with van der Waals surface area (Å²) in [5.41, 5.74) is 0.476. The molecule has 0 saturated carbocycles. The third kappa shape index (κ3) is 9.68. The van der Waals surface area contributed by atoms with Crippen LogP contribution in [-0.4, -0.2) is 0 Å². The monoisotopic (exact) mass is 239 g/mol. The van der Waals surface area contributed by atoms with E-state index < -0.39 is 0 Å². The van der Waals surface area contributed by atoms with Gasteiger partial charge < -0.3 is 0 Å². The van der Waals surface area contributed by atoms with Gasteiger partial charge in [0.15, 0.2) is 0 Å². The van der Waals surface area contributed by atoms with E-state index in [1.807, 2.05) is 0 Å². The summed E-state index contributed by atoms with van der Waals surface area (Å²) in [6, 6.07) is 0. The first kappa shape index (κ1) is 17.0. The summed E-state index contributed by atoms with van der Waals surface area (Å²) in [7, 11) is 0. The van der Waals surface area contributed by atoms with Gasteiger partial charge in [0.05, 0.1) is 0 Å². The first-order valence-corrected chi connectivity index (χ1v) is 7.59. The highest BCUT2D eigenvalue weighted by molar-refractivity contribution is 4.72. The Kier molecular flexibility index (Phi) is 8.16. The van der Waals surface area contributed by atoms with Crippen molar-refractivity contribution in [2.45, 2.75) is 80.1 Å². The maximum absolute atomic E-state index is 4.36. The van der Waals surface area contributed by atoms with Gasteiger partial charge in [0, 0.05) is 0 Å². The van der Waals surface area contributed by atoms with E-state index in [1.165, 1.54) is 38.5 Å². The number of rotatable bonds is 8. The second kappa shape index (κ2) is 8.16. The minimum absolute atomic E-state index is 0.476. The Morgan fingerprint density at radius 2 is 1.59 bits per heavy atom. The van der Waals surface area contributed by atoms with Crippen molar-refractivity contribution in [3.63, 3.8) is 0 Å². The molecule has 0 fully saturated rings. The molecule has 0 heteroatoms. The van der Waals surface area contributed by atoms with Gasteiger partial charge >= 0.3 is 0 Å². The fourth-order valence-electron chi connectivity index (χ4n) is 2.69. The zero-order chi connectivity index (χ0) is 13.5. The van der Waals surface area contributed by atoms with Crippen LogP contribution in [-0.2, 0) is 0 Å². The van der Waals surface area contributed by atoms with Crippen LogP contribution in [0.3, 0.4) is 0 Å². The molecule has 0 aromatic heterocycles. The van der Waals surface area contributed by atoms with E-state index in [4.69, 9.17) is 0 Å². The van der Waals surface area contributed by atoms with Crippen LogP contribution in [0.2, 0.25) is 0 Å². The predicted octanol–water partition coefficient (Wildman–Crippen LogP) is 6.12. The SMILES string of the molecule is [CH2]C(CCC(C)CC(C)(C)C)C(C)CCCC. The zero-order valence-corrected chi connectivity index (χ0v) is 13.2. The maximum Gasteiger partial charge on any atom is -0.0380 e. The topological polar surface area (TPSA) is 0 Å². The molecule has 103 valence electrons. The molecule has 0 saturated heterocycles. The molecule has 17 heavy (non-hydrogen) atoms. The Morgan fingerprint density at radius 1 is 1.00 bits per heavy atom. The van der Waals surface area contributed by atoms with Gasteiger partial charge in [-0.1, -0.05) is 67.2 Å².